The molecular weight excluding hydrogens is 1610 g/mol. The number of nitrogens with zero attached hydrogens (tertiary/aromatic N) is 4. The van der Waals surface area contributed by atoms with E-state index in [9.17, 15) is 0 Å². The third-order valence-electron chi connectivity index (χ3n) is 25.4. The summed E-state index contributed by atoms with van der Waals surface area (Å²) >= 11 is 12.0. The average molecular weight is 1760 g/mol. The van der Waals surface area contributed by atoms with Gasteiger partial charge in [-0.25, -0.2) is 17.6 Å². The third kappa shape index (κ3) is 28.0. The Morgan fingerprint density at radius 3 is 0.805 bits per heavy atom. The first-order valence-corrected chi connectivity index (χ1v) is 54.0. The fraction of sp³-hybridized carbons (Fsp3) is 0.647. The first-order valence-electron chi connectivity index (χ1n) is 47.7. The largest absolute Gasteiger partial charge is 0.203 e. The summed E-state index contributed by atoms with van der Waals surface area (Å²) in [6, 6.07) is 17.4. The molecule has 4 unspecified atom stereocenters. The highest BCUT2D eigenvalue weighted by atomic mass is 32.1. The van der Waals surface area contributed by atoms with Crippen LogP contribution in [0.2, 0.25) is 0 Å². The highest BCUT2D eigenvalue weighted by molar-refractivity contribution is 7.28. The second-order valence-electron chi connectivity index (χ2n) is 35.2. The summed E-state index contributed by atoms with van der Waals surface area (Å²) < 4.78 is 91.2. The Hall–Kier alpha value is -4.00. The molecule has 118 heavy (non-hydrogen) atoms. The van der Waals surface area contributed by atoms with Gasteiger partial charge in [0.25, 0.3) is 0 Å². The van der Waals surface area contributed by atoms with Crippen molar-refractivity contribution in [1.82, 2.24) is 17.5 Å². The van der Waals surface area contributed by atoms with Crippen molar-refractivity contribution in [3.05, 3.63) is 104 Å². The molecule has 16 heteroatoms. The standard InChI is InChI=1S/C102H146F4N4S8/c1-11-19-27-35-39-47-55-73(51-43-31-23-15-5)63-77-67-86(112-72(77)10)101-78(64-74(52-44-32-24-16-6)56-48-40-36-28-20-12-2)68-84(114-101)90-94(105)95(106)91(99-98(90)109-118-110-99)85-69-79(65-75(53-45-33-25-17-7)57-49-41-37-29-21-13-3)102(115-85)87-70-80(66-76(54-46-34-26-18-8)58-50-42-38-30-22-14-4)100(116-87)83-62-61-82(113-83)89-93(104)92(103)88(81-60-59-71(9)111-81)96-97(89)108-117-107-96/h59-62,67-70,73-76H,11-58,63-66H2,1-10H3. The SMILES string of the molecule is CCCCCCCCC(CCCCCC)Cc1cc(-c2sc(-c3c(F)c(F)c(-c4cc(CC(CCCCCC)CCCCCCCC)c(-c5cc(CC(CCCCCC)CCCCCCCC)c(-c6ccc(-c7c(F)c(F)c(-c8ccc(C)s8)c8nsnc78)s6)s5)s4)c4nsnc34)cc2CC(CCCCCC)CCCCCCCC)sc1C. The predicted molar refractivity (Wildman–Crippen MR) is 519 cm³/mol. The molecule has 0 aliphatic rings. The van der Waals surface area contributed by atoms with Crippen LogP contribution >= 0.6 is 91.5 Å². The van der Waals surface area contributed by atoms with Crippen molar-refractivity contribution in [3.8, 4) is 71.0 Å². The summed E-state index contributed by atoms with van der Waals surface area (Å²) in [6.07, 6.45) is 63.3. The lowest BCUT2D eigenvalue weighted by molar-refractivity contribution is 0.402. The topological polar surface area (TPSA) is 51.6 Å². The summed E-state index contributed by atoms with van der Waals surface area (Å²) in [5.74, 6) is -1.46. The fourth-order valence-electron chi connectivity index (χ4n) is 18.4. The van der Waals surface area contributed by atoms with Gasteiger partial charge >= 0.3 is 0 Å². The Kier molecular flexibility index (Phi) is 43.0. The predicted octanol–water partition coefficient (Wildman–Crippen LogP) is 38.4. The van der Waals surface area contributed by atoms with Crippen LogP contribution in [0.3, 0.4) is 0 Å². The first kappa shape index (κ1) is 96.2. The highest BCUT2D eigenvalue weighted by Gasteiger charge is 2.33. The van der Waals surface area contributed by atoms with Gasteiger partial charge in [-0.2, -0.15) is 17.5 Å². The second kappa shape index (κ2) is 52.7. The Morgan fingerprint density at radius 2 is 0.483 bits per heavy atom. The molecule has 0 aliphatic carbocycles. The van der Waals surface area contributed by atoms with Gasteiger partial charge in [0, 0.05) is 58.5 Å². The van der Waals surface area contributed by atoms with Crippen LogP contribution < -0.4 is 0 Å². The minimum Gasteiger partial charge on any atom is -0.203 e. The van der Waals surface area contributed by atoms with Crippen molar-refractivity contribution in [2.75, 3.05) is 0 Å². The van der Waals surface area contributed by atoms with Crippen molar-refractivity contribution in [2.24, 2.45) is 23.7 Å². The van der Waals surface area contributed by atoms with Crippen molar-refractivity contribution in [3.63, 3.8) is 0 Å². The third-order valence-corrected chi connectivity index (χ3v) is 33.8. The van der Waals surface area contributed by atoms with E-state index >= 15 is 17.6 Å². The Morgan fingerprint density at radius 1 is 0.246 bits per heavy atom. The number of aromatic nitrogens is 4. The highest BCUT2D eigenvalue weighted by Crippen LogP contribution is 2.54. The summed E-state index contributed by atoms with van der Waals surface area (Å²) in [7, 11) is 0. The van der Waals surface area contributed by atoms with Gasteiger partial charge in [0.15, 0.2) is 23.3 Å². The number of unbranched alkanes of at least 4 members (excludes halogenated alkanes) is 32. The van der Waals surface area contributed by atoms with Gasteiger partial charge in [0.1, 0.15) is 22.1 Å². The maximum absolute atomic E-state index is 18.8. The van der Waals surface area contributed by atoms with Crippen LogP contribution in [0.1, 0.15) is 396 Å². The Balaban J connectivity index is 1.11. The fourth-order valence-corrected chi connectivity index (χ4v) is 26.6. The lowest BCUT2D eigenvalue weighted by Gasteiger charge is -2.18. The van der Waals surface area contributed by atoms with E-state index in [1.807, 2.05) is 36.5 Å². The maximum atomic E-state index is 18.8. The number of thiophene rings is 6. The van der Waals surface area contributed by atoms with Crippen LogP contribution in [0.25, 0.3) is 93.1 Å². The summed E-state index contributed by atoms with van der Waals surface area (Å²) in [4.78, 5) is 12.0. The van der Waals surface area contributed by atoms with Crippen LogP contribution in [-0.4, -0.2) is 17.5 Å². The Labute approximate surface area is 744 Å². The van der Waals surface area contributed by atoms with Crippen LogP contribution in [-0.2, 0) is 25.7 Å². The molecule has 2 aromatic carbocycles. The normalized spacial score (nSPS) is 13.1. The number of hydrogen-bond acceptors (Lipinski definition) is 12. The van der Waals surface area contributed by atoms with Gasteiger partial charge < -0.3 is 0 Å². The number of rotatable bonds is 63. The van der Waals surface area contributed by atoms with Crippen molar-refractivity contribution < 1.29 is 17.6 Å². The molecule has 4 atom stereocenters. The molecule has 8 heterocycles. The molecule has 0 saturated carbocycles. The number of benzene rings is 2. The lowest BCUT2D eigenvalue weighted by atomic mass is 9.88. The minimum atomic E-state index is -0.900. The zero-order valence-electron chi connectivity index (χ0n) is 74.3. The lowest BCUT2D eigenvalue weighted by Crippen LogP contribution is -2.06. The van der Waals surface area contributed by atoms with Crippen molar-refractivity contribution in [2.45, 2.75) is 403 Å². The van der Waals surface area contributed by atoms with Crippen LogP contribution in [0.15, 0.2) is 48.5 Å². The van der Waals surface area contributed by atoms with Gasteiger partial charge in [-0.15, -0.1) is 68.0 Å². The van der Waals surface area contributed by atoms with Crippen LogP contribution in [0.4, 0.5) is 17.6 Å². The van der Waals surface area contributed by atoms with Gasteiger partial charge in [-0.3, -0.25) is 0 Å². The molecule has 4 nitrogen and oxygen atoms in total. The van der Waals surface area contributed by atoms with Crippen LogP contribution in [0, 0.1) is 60.8 Å². The van der Waals surface area contributed by atoms with E-state index in [1.165, 1.54) is 342 Å². The van der Waals surface area contributed by atoms with Crippen molar-refractivity contribution >= 4 is 114 Å². The molecule has 8 aromatic heterocycles. The number of hydrogen-bond donors (Lipinski definition) is 0. The monoisotopic (exact) mass is 1760 g/mol. The summed E-state index contributed by atoms with van der Waals surface area (Å²) in [6.45, 7) is 22.7. The first-order chi connectivity index (χ1) is 57.8. The molecule has 0 aliphatic heterocycles. The van der Waals surface area contributed by atoms with Crippen LogP contribution in [0.5, 0.6) is 0 Å². The van der Waals surface area contributed by atoms with E-state index in [0.717, 1.165) is 104 Å². The molecule has 0 fully saturated rings. The molecule has 0 amide bonds. The molecule has 0 bridgehead atoms. The van der Waals surface area contributed by atoms with Gasteiger partial charge in [0.05, 0.1) is 45.7 Å². The number of fused-ring (bicyclic) bond motifs is 2. The molecule has 10 rings (SSSR count). The molecule has 650 valence electrons. The molecular formula is C102H146F4N4S8. The number of aryl methyl sites for hydroxylation is 2. The zero-order chi connectivity index (χ0) is 83.4. The van der Waals surface area contributed by atoms with E-state index in [-0.39, 0.29) is 22.3 Å². The molecule has 0 saturated heterocycles. The van der Waals surface area contributed by atoms with Gasteiger partial charge in [-0.05, 0) is 134 Å². The second-order valence-corrected chi connectivity index (χ2v) is 43.1. The van der Waals surface area contributed by atoms with Crippen molar-refractivity contribution in [1.29, 1.82) is 0 Å². The van der Waals surface area contributed by atoms with Gasteiger partial charge in [0.2, 0.25) is 0 Å². The summed E-state index contributed by atoms with van der Waals surface area (Å²) in [5.41, 5.74) is 7.64. The molecule has 0 radical (unpaired) electrons. The number of halogens is 4. The van der Waals surface area contributed by atoms with E-state index in [4.69, 9.17) is 13.1 Å². The minimum absolute atomic E-state index is 0.158. The van der Waals surface area contributed by atoms with E-state index in [0.29, 0.717) is 60.4 Å². The smallest absolute Gasteiger partial charge is 0.170 e. The molecule has 0 spiro atoms. The quantitative estimate of drug-likeness (QED) is 0.0282. The Bertz CT molecular complexity index is 4500. The summed E-state index contributed by atoms with van der Waals surface area (Å²) in [5, 5.41) is 0. The zero-order valence-corrected chi connectivity index (χ0v) is 80.8. The van der Waals surface area contributed by atoms with E-state index in [1.54, 1.807) is 34.0 Å². The van der Waals surface area contributed by atoms with Gasteiger partial charge in [-0.1, -0.05) is 364 Å². The molecule has 0 N–H and O–H groups in total. The van der Waals surface area contributed by atoms with E-state index < -0.39 is 23.3 Å². The average Bonchev–Trinajstić information content (AvgIpc) is 1.57. The molecule has 10 aromatic rings. The maximum Gasteiger partial charge on any atom is 0.170 e. The van der Waals surface area contributed by atoms with E-state index in [2.05, 4.69) is 97.0 Å².